The lowest BCUT2D eigenvalue weighted by Crippen LogP contribution is -2.06. The van der Waals surface area contributed by atoms with Gasteiger partial charge < -0.3 is 15.2 Å². The van der Waals surface area contributed by atoms with Crippen LogP contribution in [0.3, 0.4) is 0 Å². The van der Waals surface area contributed by atoms with Gasteiger partial charge in [0.25, 0.3) is 5.16 Å². The number of tetrazole rings is 1. The Morgan fingerprint density at radius 1 is 1.16 bits per heavy atom. The van der Waals surface area contributed by atoms with Crippen LogP contribution >= 0.6 is 11.8 Å². The molecular formula is C17H11FN8O4S. The van der Waals surface area contributed by atoms with Crippen molar-refractivity contribution in [2.75, 3.05) is 0 Å². The van der Waals surface area contributed by atoms with E-state index in [2.05, 4.69) is 25.6 Å². The van der Waals surface area contributed by atoms with Crippen LogP contribution in [0.15, 0.2) is 58.8 Å². The van der Waals surface area contributed by atoms with Crippen LogP contribution in [0.4, 0.5) is 10.3 Å². The molecule has 0 atom stereocenters. The van der Waals surface area contributed by atoms with E-state index in [4.69, 9.17) is 5.11 Å². The third-order valence-electron chi connectivity index (χ3n) is 4.05. The van der Waals surface area contributed by atoms with Crippen LogP contribution in [-0.2, 0) is 6.54 Å². The summed E-state index contributed by atoms with van der Waals surface area (Å²) in [6.45, 7) is -0.0925. The van der Waals surface area contributed by atoms with Gasteiger partial charge in [-0.3, -0.25) is 0 Å². The van der Waals surface area contributed by atoms with Crippen LogP contribution in [0, 0.1) is 15.9 Å². The molecular weight excluding hydrogens is 431 g/mol. The molecule has 2 aromatic heterocycles. The molecule has 31 heavy (non-hydrogen) atoms. The number of carboxylic acid groups (broad SMARTS) is 1. The SMILES string of the molecule is O=C(O)c1ccc(-n2nnnc2Sc2nc([N+](=O)[O-])nn2Cc2ccccc2F)cc1. The van der Waals surface area contributed by atoms with E-state index in [1.165, 1.54) is 51.8 Å². The highest BCUT2D eigenvalue weighted by Crippen LogP contribution is 2.28. The van der Waals surface area contributed by atoms with Crippen molar-refractivity contribution in [1.82, 2.24) is 35.0 Å². The van der Waals surface area contributed by atoms with Crippen molar-refractivity contribution < 1.29 is 19.2 Å². The van der Waals surface area contributed by atoms with Gasteiger partial charge in [0.2, 0.25) is 5.16 Å². The van der Waals surface area contributed by atoms with Crippen molar-refractivity contribution in [3.63, 3.8) is 0 Å². The number of aromatic nitrogens is 7. The first kappa shape index (κ1) is 20.1. The second kappa shape index (κ2) is 8.27. The van der Waals surface area contributed by atoms with Gasteiger partial charge in [-0.1, -0.05) is 18.2 Å². The summed E-state index contributed by atoms with van der Waals surface area (Å²) < 4.78 is 16.5. The predicted molar refractivity (Wildman–Crippen MR) is 102 cm³/mol. The molecule has 4 rings (SSSR count). The number of aromatic carboxylic acids is 1. The highest BCUT2D eigenvalue weighted by molar-refractivity contribution is 7.99. The fraction of sp³-hybridized carbons (Fsp3) is 0.0588. The minimum Gasteiger partial charge on any atom is -0.478 e. The molecule has 0 aliphatic heterocycles. The Kier molecular flexibility index (Phi) is 5.36. The third-order valence-corrected chi connectivity index (χ3v) is 4.97. The molecule has 2 aromatic carbocycles. The van der Waals surface area contributed by atoms with Crippen LogP contribution in [0.1, 0.15) is 15.9 Å². The van der Waals surface area contributed by atoms with Crippen LogP contribution in [0.25, 0.3) is 5.69 Å². The van der Waals surface area contributed by atoms with Crippen LogP contribution in [0.2, 0.25) is 0 Å². The number of hydrogen-bond donors (Lipinski definition) is 1. The lowest BCUT2D eigenvalue weighted by atomic mass is 10.2. The molecule has 0 amide bonds. The Hall–Kier alpha value is -4.20. The first-order chi connectivity index (χ1) is 14.9. The highest BCUT2D eigenvalue weighted by Gasteiger charge is 2.25. The normalized spacial score (nSPS) is 10.9. The van der Waals surface area contributed by atoms with Crippen molar-refractivity contribution in [3.8, 4) is 5.69 Å². The van der Waals surface area contributed by atoms with Crippen LogP contribution < -0.4 is 0 Å². The maximum atomic E-state index is 14.0. The Labute approximate surface area is 176 Å². The van der Waals surface area contributed by atoms with E-state index in [1.54, 1.807) is 6.07 Å². The summed E-state index contributed by atoms with van der Waals surface area (Å²) in [6.07, 6.45) is 0. The van der Waals surface area contributed by atoms with Crippen molar-refractivity contribution >= 4 is 23.7 Å². The molecule has 12 nitrogen and oxygen atoms in total. The van der Waals surface area contributed by atoms with Crippen molar-refractivity contribution in [2.45, 2.75) is 16.9 Å². The van der Waals surface area contributed by atoms with Crippen LogP contribution in [-0.4, -0.2) is 51.0 Å². The van der Waals surface area contributed by atoms with Gasteiger partial charge in [-0.25, -0.2) is 9.18 Å². The number of halogens is 1. The van der Waals surface area contributed by atoms with E-state index in [0.717, 1.165) is 11.8 Å². The summed E-state index contributed by atoms with van der Waals surface area (Å²) in [6, 6.07) is 11.8. The Morgan fingerprint density at radius 2 is 1.90 bits per heavy atom. The lowest BCUT2D eigenvalue weighted by molar-refractivity contribution is -0.394. The molecule has 156 valence electrons. The summed E-state index contributed by atoms with van der Waals surface area (Å²) in [5, 5.41) is 35.6. The Balaban J connectivity index is 1.67. The highest BCUT2D eigenvalue weighted by atomic mass is 32.2. The molecule has 1 N–H and O–H groups in total. The van der Waals surface area contributed by atoms with Crippen molar-refractivity contribution in [1.29, 1.82) is 0 Å². The quantitative estimate of drug-likeness (QED) is 0.332. The lowest BCUT2D eigenvalue weighted by Gasteiger charge is -2.04. The molecule has 0 unspecified atom stereocenters. The van der Waals surface area contributed by atoms with Gasteiger partial charge >= 0.3 is 11.9 Å². The average molecular weight is 442 g/mol. The minimum absolute atomic E-state index is 0.0770. The van der Waals surface area contributed by atoms with E-state index < -0.39 is 22.7 Å². The van der Waals surface area contributed by atoms with E-state index in [1.807, 2.05) is 0 Å². The Morgan fingerprint density at radius 3 is 2.58 bits per heavy atom. The number of carbonyl (C=O) groups is 1. The number of carboxylic acids is 1. The van der Waals surface area contributed by atoms with E-state index in [9.17, 15) is 19.3 Å². The van der Waals surface area contributed by atoms with Crippen molar-refractivity contribution in [2.24, 2.45) is 0 Å². The predicted octanol–water partition coefficient (Wildman–Crippen LogP) is 2.20. The standard InChI is InChI=1S/C17H11FN8O4S/c18-13-4-2-1-3-11(13)9-24-16(19-15(21-24)26(29)30)31-17-20-22-23-25(17)12-7-5-10(6-8-12)14(27)28/h1-8H,9H2,(H,27,28). The zero-order valence-electron chi connectivity index (χ0n) is 15.4. The second-order valence-corrected chi connectivity index (χ2v) is 6.96. The number of rotatable bonds is 7. The van der Waals surface area contributed by atoms with E-state index in [0.29, 0.717) is 5.69 Å². The molecule has 0 bridgehead atoms. The summed E-state index contributed by atoms with van der Waals surface area (Å²) >= 11 is 0.889. The fourth-order valence-electron chi connectivity index (χ4n) is 2.59. The molecule has 0 fully saturated rings. The molecule has 0 aliphatic rings. The number of benzene rings is 2. The van der Waals surface area contributed by atoms with Gasteiger partial charge in [0, 0.05) is 22.4 Å². The summed E-state index contributed by atoms with van der Waals surface area (Å²) in [5.74, 6) is -2.21. The first-order valence-electron chi connectivity index (χ1n) is 8.55. The summed E-state index contributed by atoms with van der Waals surface area (Å²) in [4.78, 5) is 25.3. The maximum Gasteiger partial charge on any atom is 0.492 e. The third kappa shape index (κ3) is 4.23. The molecule has 14 heteroatoms. The molecule has 0 saturated heterocycles. The monoisotopic (exact) mass is 442 g/mol. The number of hydrogen-bond acceptors (Lipinski definition) is 9. The second-order valence-electron chi connectivity index (χ2n) is 6.03. The summed E-state index contributed by atoms with van der Waals surface area (Å²) in [5.41, 5.74) is 0.825. The van der Waals surface area contributed by atoms with Crippen LogP contribution in [0.5, 0.6) is 0 Å². The van der Waals surface area contributed by atoms with Gasteiger partial charge in [-0.15, -0.1) is 5.10 Å². The van der Waals surface area contributed by atoms with Gasteiger partial charge in [0.05, 0.1) is 17.8 Å². The van der Waals surface area contributed by atoms with E-state index >= 15 is 0 Å². The Bertz CT molecular complexity index is 1270. The van der Waals surface area contributed by atoms with Gasteiger partial charge in [-0.05, 0) is 50.7 Å². The topological polar surface area (TPSA) is 155 Å². The zero-order valence-corrected chi connectivity index (χ0v) is 16.2. The van der Waals surface area contributed by atoms with Gasteiger partial charge in [0.15, 0.2) is 0 Å². The molecule has 2 heterocycles. The largest absolute Gasteiger partial charge is 0.492 e. The smallest absolute Gasteiger partial charge is 0.478 e. The molecule has 0 saturated carbocycles. The zero-order chi connectivity index (χ0) is 22.0. The average Bonchev–Trinajstić information content (AvgIpc) is 3.37. The molecule has 4 aromatic rings. The molecule has 0 spiro atoms. The van der Waals surface area contributed by atoms with Crippen molar-refractivity contribution in [3.05, 3.63) is 75.6 Å². The maximum absolute atomic E-state index is 14.0. The van der Waals surface area contributed by atoms with E-state index in [-0.39, 0.29) is 28.0 Å². The van der Waals surface area contributed by atoms with Gasteiger partial charge in [-0.2, -0.15) is 9.36 Å². The fourth-order valence-corrected chi connectivity index (χ4v) is 3.40. The number of nitro groups is 1. The summed E-state index contributed by atoms with van der Waals surface area (Å²) in [7, 11) is 0. The molecule has 0 aliphatic carbocycles. The first-order valence-corrected chi connectivity index (χ1v) is 9.36. The minimum atomic E-state index is -1.08. The van der Waals surface area contributed by atoms with Gasteiger partial charge in [0.1, 0.15) is 5.82 Å². The number of nitrogens with zero attached hydrogens (tertiary/aromatic N) is 8. The molecule has 0 radical (unpaired) electrons.